The molecule has 0 aromatic heterocycles. The summed E-state index contributed by atoms with van der Waals surface area (Å²) in [6, 6.07) is 11.0. The van der Waals surface area contributed by atoms with Crippen LogP contribution in [0.5, 0.6) is 0 Å². The Hall–Kier alpha value is -1.44. The first-order valence-electron chi connectivity index (χ1n) is 15.6. The third-order valence-electron chi connectivity index (χ3n) is 7.76. The standard InChI is InChI=1S/C33H58N2/c1-3-5-7-9-11-12-13-14-15-16-18-20-25-29-34-30-31-35(32-26-22-21-23-27-32)33(34)28-24-19-17-10-8-6-4-2/h21-23,26-27,30-31,33H,3-20,24-25,28-29H2,1-2H3. The largest absolute Gasteiger partial charge is 0.356 e. The second-order valence-electron chi connectivity index (χ2n) is 10.9. The van der Waals surface area contributed by atoms with Crippen LogP contribution in [0.25, 0.3) is 0 Å². The molecule has 1 atom stereocenters. The number of hydrogen-bond donors (Lipinski definition) is 0. The molecule has 0 fully saturated rings. The summed E-state index contributed by atoms with van der Waals surface area (Å²) < 4.78 is 0. The van der Waals surface area contributed by atoms with Crippen LogP contribution < -0.4 is 4.90 Å². The van der Waals surface area contributed by atoms with Gasteiger partial charge in [0.2, 0.25) is 0 Å². The number of benzene rings is 1. The Morgan fingerprint density at radius 2 is 0.971 bits per heavy atom. The van der Waals surface area contributed by atoms with Gasteiger partial charge in [-0.05, 0) is 31.4 Å². The molecule has 0 N–H and O–H groups in total. The molecule has 2 heteroatoms. The number of unbranched alkanes of at least 4 members (excludes halogenated alkanes) is 18. The molecule has 200 valence electrons. The molecule has 0 saturated heterocycles. The van der Waals surface area contributed by atoms with E-state index in [0.717, 1.165) is 0 Å². The van der Waals surface area contributed by atoms with E-state index in [0.29, 0.717) is 6.17 Å². The van der Waals surface area contributed by atoms with Gasteiger partial charge in [0.1, 0.15) is 6.17 Å². The van der Waals surface area contributed by atoms with Crippen LogP contribution in [0.1, 0.15) is 149 Å². The SMILES string of the molecule is CCCCCCCCCCCCCCCN1C=CN(c2ccccc2)C1CCCCCCCCC. The van der Waals surface area contributed by atoms with E-state index < -0.39 is 0 Å². The smallest absolute Gasteiger partial charge is 0.105 e. The Morgan fingerprint density at radius 3 is 1.49 bits per heavy atom. The monoisotopic (exact) mass is 482 g/mol. The molecule has 2 nitrogen and oxygen atoms in total. The van der Waals surface area contributed by atoms with E-state index in [2.05, 4.69) is 66.4 Å². The van der Waals surface area contributed by atoms with Crippen LogP contribution in [0.2, 0.25) is 0 Å². The van der Waals surface area contributed by atoms with Crippen molar-refractivity contribution >= 4 is 5.69 Å². The summed E-state index contributed by atoms with van der Waals surface area (Å²) in [6.45, 7) is 5.81. The molecular formula is C33H58N2. The number of anilines is 1. The molecule has 0 bridgehead atoms. The molecule has 1 aliphatic heterocycles. The van der Waals surface area contributed by atoms with Crippen molar-refractivity contribution in [3.63, 3.8) is 0 Å². The van der Waals surface area contributed by atoms with Gasteiger partial charge in [-0.25, -0.2) is 0 Å². The van der Waals surface area contributed by atoms with Crippen LogP contribution in [-0.4, -0.2) is 17.6 Å². The van der Waals surface area contributed by atoms with Gasteiger partial charge in [-0.3, -0.25) is 0 Å². The van der Waals surface area contributed by atoms with Gasteiger partial charge in [0, 0.05) is 24.6 Å². The zero-order valence-corrected chi connectivity index (χ0v) is 23.6. The van der Waals surface area contributed by atoms with Gasteiger partial charge in [-0.2, -0.15) is 0 Å². The fourth-order valence-corrected chi connectivity index (χ4v) is 5.50. The van der Waals surface area contributed by atoms with Crippen LogP contribution >= 0.6 is 0 Å². The highest BCUT2D eigenvalue weighted by molar-refractivity contribution is 5.51. The Morgan fingerprint density at radius 1 is 0.514 bits per heavy atom. The Bertz CT molecular complexity index is 611. The van der Waals surface area contributed by atoms with E-state index in [1.54, 1.807) is 0 Å². The predicted octanol–water partition coefficient (Wildman–Crippen LogP) is 10.8. The minimum Gasteiger partial charge on any atom is -0.356 e. The number of hydrogen-bond acceptors (Lipinski definition) is 2. The second-order valence-corrected chi connectivity index (χ2v) is 10.9. The summed E-state index contributed by atoms with van der Waals surface area (Å²) in [5.41, 5.74) is 1.34. The first-order valence-corrected chi connectivity index (χ1v) is 15.6. The molecule has 2 rings (SSSR count). The van der Waals surface area contributed by atoms with E-state index in [-0.39, 0.29) is 0 Å². The van der Waals surface area contributed by atoms with Crippen LogP contribution in [0.3, 0.4) is 0 Å². The van der Waals surface area contributed by atoms with Crippen molar-refractivity contribution in [3.8, 4) is 0 Å². The van der Waals surface area contributed by atoms with E-state index in [9.17, 15) is 0 Å². The second kappa shape index (κ2) is 20.7. The van der Waals surface area contributed by atoms with Crippen molar-refractivity contribution in [2.75, 3.05) is 11.4 Å². The van der Waals surface area contributed by atoms with E-state index in [4.69, 9.17) is 0 Å². The molecule has 0 amide bonds. The van der Waals surface area contributed by atoms with Gasteiger partial charge in [0.15, 0.2) is 0 Å². The molecule has 0 radical (unpaired) electrons. The van der Waals surface area contributed by atoms with Crippen LogP contribution in [0, 0.1) is 0 Å². The third kappa shape index (κ3) is 13.4. The number of para-hydroxylation sites is 1. The molecule has 1 aliphatic rings. The van der Waals surface area contributed by atoms with Crippen molar-refractivity contribution < 1.29 is 0 Å². The molecule has 1 aromatic rings. The van der Waals surface area contributed by atoms with Crippen LogP contribution in [0.4, 0.5) is 5.69 Å². The lowest BCUT2D eigenvalue weighted by molar-refractivity contribution is 0.273. The lowest BCUT2D eigenvalue weighted by Crippen LogP contribution is -2.39. The van der Waals surface area contributed by atoms with E-state index in [1.807, 2.05) is 0 Å². The molecule has 1 aromatic carbocycles. The van der Waals surface area contributed by atoms with Gasteiger partial charge in [0.25, 0.3) is 0 Å². The zero-order chi connectivity index (χ0) is 24.8. The van der Waals surface area contributed by atoms with Crippen molar-refractivity contribution in [2.45, 2.75) is 155 Å². The first kappa shape index (κ1) is 29.8. The molecule has 0 spiro atoms. The minimum atomic E-state index is 0.505. The number of rotatable bonds is 23. The predicted molar refractivity (Wildman–Crippen MR) is 157 cm³/mol. The van der Waals surface area contributed by atoms with Gasteiger partial charge >= 0.3 is 0 Å². The highest BCUT2D eigenvalue weighted by Crippen LogP contribution is 2.28. The maximum absolute atomic E-state index is 2.63. The van der Waals surface area contributed by atoms with Crippen molar-refractivity contribution in [1.29, 1.82) is 0 Å². The van der Waals surface area contributed by atoms with Gasteiger partial charge in [0.05, 0.1) is 0 Å². The highest BCUT2D eigenvalue weighted by atomic mass is 15.4. The molecule has 1 heterocycles. The molecule has 0 saturated carbocycles. The fraction of sp³-hybridized carbons (Fsp3) is 0.758. The van der Waals surface area contributed by atoms with Crippen molar-refractivity contribution in [3.05, 3.63) is 42.7 Å². The lowest BCUT2D eigenvalue weighted by atomic mass is 10.0. The van der Waals surface area contributed by atoms with Crippen LogP contribution in [-0.2, 0) is 0 Å². The van der Waals surface area contributed by atoms with E-state index >= 15 is 0 Å². The molecule has 0 aliphatic carbocycles. The Balaban J connectivity index is 1.59. The first-order chi connectivity index (χ1) is 17.4. The van der Waals surface area contributed by atoms with Crippen LogP contribution in [0.15, 0.2) is 42.7 Å². The highest BCUT2D eigenvalue weighted by Gasteiger charge is 2.26. The summed E-state index contributed by atoms with van der Waals surface area (Å²) in [5, 5.41) is 0. The third-order valence-corrected chi connectivity index (χ3v) is 7.76. The summed E-state index contributed by atoms with van der Waals surface area (Å²) in [6.07, 6.45) is 34.7. The minimum absolute atomic E-state index is 0.505. The average Bonchev–Trinajstić information content (AvgIpc) is 3.29. The fourth-order valence-electron chi connectivity index (χ4n) is 5.50. The van der Waals surface area contributed by atoms with Gasteiger partial charge < -0.3 is 9.80 Å². The van der Waals surface area contributed by atoms with Gasteiger partial charge in [-0.15, -0.1) is 0 Å². The quantitative estimate of drug-likeness (QED) is 0.143. The zero-order valence-electron chi connectivity index (χ0n) is 23.6. The lowest BCUT2D eigenvalue weighted by Gasteiger charge is -2.33. The summed E-state index contributed by atoms with van der Waals surface area (Å²) in [5.74, 6) is 0. The van der Waals surface area contributed by atoms with Crippen molar-refractivity contribution in [2.24, 2.45) is 0 Å². The van der Waals surface area contributed by atoms with E-state index in [1.165, 1.54) is 147 Å². The Kier molecular flexibility index (Phi) is 17.6. The Labute approximate surface area is 219 Å². The maximum atomic E-state index is 2.63. The molecule has 1 unspecified atom stereocenters. The van der Waals surface area contributed by atoms with Crippen molar-refractivity contribution in [1.82, 2.24) is 4.90 Å². The van der Waals surface area contributed by atoms with Gasteiger partial charge in [-0.1, -0.05) is 148 Å². The summed E-state index contributed by atoms with van der Waals surface area (Å²) in [7, 11) is 0. The molecular weight excluding hydrogens is 424 g/mol. The number of nitrogens with zero attached hydrogens (tertiary/aromatic N) is 2. The summed E-state index contributed by atoms with van der Waals surface area (Å²) >= 11 is 0. The normalized spacial score (nSPS) is 15.4. The topological polar surface area (TPSA) is 6.48 Å². The molecule has 35 heavy (non-hydrogen) atoms. The summed E-state index contributed by atoms with van der Waals surface area (Å²) in [4.78, 5) is 5.14. The maximum Gasteiger partial charge on any atom is 0.105 e. The average molecular weight is 483 g/mol.